The van der Waals surface area contributed by atoms with E-state index in [4.69, 9.17) is 0 Å². The van der Waals surface area contributed by atoms with E-state index in [1.54, 1.807) is 0 Å². The molecule has 13 heteroatoms. The number of nitrogens with one attached hydrogen (secondary N) is 1. The molecule has 1 aliphatic carbocycles. The first-order valence-electron chi connectivity index (χ1n) is 8.69. The molecular weight excluding hydrogens is 477 g/mol. The number of thiophene rings is 1. The molecule has 166 valence electrons. The van der Waals surface area contributed by atoms with Gasteiger partial charge in [0.15, 0.2) is 10.9 Å². The maximum absolute atomic E-state index is 12.6. The number of halogens is 3. The van der Waals surface area contributed by atoms with Crippen LogP contribution in [0.2, 0.25) is 0 Å². The van der Waals surface area contributed by atoms with E-state index in [2.05, 4.69) is 14.4 Å². The highest BCUT2D eigenvalue weighted by Crippen LogP contribution is 2.35. The van der Waals surface area contributed by atoms with Gasteiger partial charge in [-0.25, -0.2) is 8.42 Å². The Bertz CT molecular complexity index is 1180. The third-order valence-corrected chi connectivity index (χ3v) is 7.89. The van der Waals surface area contributed by atoms with Crippen molar-refractivity contribution in [2.24, 2.45) is 0 Å². The van der Waals surface area contributed by atoms with E-state index in [9.17, 15) is 31.2 Å². The average molecular weight is 493 g/mol. The number of sulfonamides is 1. The molecule has 7 nitrogen and oxygen atoms in total. The summed E-state index contributed by atoms with van der Waals surface area (Å²) >= 11 is 1.66. The smallest absolute Gasteiger partial charge is 0.351 e. The Balaban J connectivity index is 1.70. The fourth-order valence-electron chi connectivity index (χ4n) is 2.56. The maximum Gasteiger partial charge on any atom is 0.452 e. The molecule has 2 aromatic rings. The molecule has 2 aromatic heterocycles. The fourth-order valence-corrected chi connectivity index (χ4v) is 5.47. The van der Waals surface area contributed by atoms with Gasteiger partial charge in [-0.05, 0) is 36.6 Å². The standard InChI is InChI=1S/C18H15F3N2O5S3/c1-10(24)29-9-14(25)11-2-4-12(5-3-11)23-31(26,27)17-7-6-15(30-17)13-8-16(28-22-13)18(19,20)21/h2,4,6-8,23H,3,5,9H2,1H3. The lowest BCUT2D eigenvalue weighted by atomic mass is 10.0. The summed E-state index contributed by atoms with van der Waals surface area (Å²) < 4.78 is 69.7. The zero-order valence-electron chi connectivity index (χ0n) is 15.9. The van der Waals surface area contributed by atoms with Crippen LogP contribution in [0.1, 0.15) is 25.5 Å². The average Bonchev–Trinajstić information content (AvgIpc) is 3.35. The molecule has 1 aliphatic rings. The van der Waals surface area contributed by atoms with Crippen LogP contribution in [0.25, 0.3) is 10.6 Å². The van der Waals surface area contributed by atoms with Gasteiger partial charge in [-0.3, -0.25) is 14.3 Å². The van der Waals surface area contributed by atoms with E-state index in [0.717, 1.165) is 23.1 Å². The molecule has 0 fully saturated rings. The Morgan fingerprint density at radius 3 is 2.58 bits per heavy atom. The fraction of sp³-hybridized carbons (Fsp3) is 0.278. The number of rotatable bonds is 7. The lowest BCUT2D eigenvalue weighted by Crippen LogP contribution is -2.24. The highest BCUT2D eigenvalue weighted by atomic mass is 32.2. The summed E-state index contributed by atoms with van der Waals surface area (Å²) in [5.41, 5.74) is 0.748. The van der Waals surface area contributed by atoms with Crippen LogP contribution < -0.4 is 4.72 Å². The number of carbonyl (C=O) groups is 2. The Morgan fingerprint density at radius 1 is 1.26 bits per heavy atom. The second-order valence-corrected chi connectivity index (χ2v) is 10.5. The van der Waals surface area contributed by atoms with Gasteiger partial charge in [-0.2, -0.15) is 13.2 Å². The number of hydrogen-bond acceptors (Lipinski definition) is 8. The second kappa shape index (κ2) is 9.01. The number of Topliss-reactive ketones (excluding diaryl/α,β-unsaturated/α-hetero) is 1. The summed E-state index contributed by atoms with van der Waals surface area (Å²) in [7, 11) is -3.97. The van der Waals surface area contributed by atoms with Gasteiger partial charge in [-0.1, -0.05) is 23.0 Å². The predicted molar refractivity (Wildman–Crippen MR) is 109 cm³/mol. The number of alkyl halides is 3. The first kappa shape index (κ1) is 23.3. The highest BCUT2D eigenvalue weighted by Gasteiger charge is 2.36. The molecule has 0 aromatic carbocycles. The SMILES string of the molecule is CC(=O)SCC(=O)C1=CC=C(NS(=O)(=O)c2ccc(-c3cc(C(F)(F)F)on3)s2)CC1. The molecule has 0 aliphatic heterocycles. The molecule has 0 amide bonds. The van der Waals surface area contributed by atoms with Gasteiger partial charge in [0.05, 0.1) is 10.6 Å². The number of carbonyl (C=O) groups excluding carboxylic acids is 2. The quantitative estimate of drug-likeness (QED) is 0.619. The van der Waals surface area contributed by atoms with E-state index in [1.807, 2.05) is 0 Å². The molecule has 0 saturated carbocycles. The monoisotopic (exact) mass is 492 g/mol. The Hall–Kier alpha value is -2.38. The minimum atomic E-state index is -4.69. The van der Waals surface area contributed by atoms with E-state index < -0.39 is 22.0 Å². The van der Waals surface area contributed by atoms with Crippen LogP contribution >= 0.6 is 23.1 Å². The van der Waals surface area contributed by atoms with Crippen molar-refractivity contribution in [2.75, 3.05) is 5.75 Å². The molecule has 0 saturated heterocycles. The van der Waals surface area contributed by atoms with Gasteiger partial charge in [0.1, 0.15) is 9.90 Å². The molecular formula is C18H15F3N2O5S3. The van der Waals surface area contributed by atoms with Gasteiger partial charge in [0.25, 0.3) is 10.0 Å². The van der Waals surface area contributed by atoms with Crippen LogP contribution in [-0.2, 0) is 25.8 Å². The predicted octanol–water partition coefficient (Wildman–Crippen LogP) is 4.15. The van der Waals surface area contributed by atoms with Crippen molar-refractivity contribution >= 4 is 44.0 Å². The number of ketones is 1. The summed E-state index contributed by atoms with van der Waals surface area (Å²) in [4.78, 5) is 23.2. The third-order valence-electron chi connectivity index (χ3n) is 4.07. The van der Waals surface area contributed by atoms with E-state index in [0.29, 0.717) is 23.8 Å². The first-order valence-corrected chi connectivity index (χ1v) is 12.0. The first-order chi connectivity index (χ1) is 14.5. The van der Waals surface area contributed by atoms with Crippen molar-refractivity contribution in [1.82, 2.24) is 9.88 Å². The Kier molecular flexibility index (Phi) is 6.76. The van der Waals surface area contributed by atoms with Crippen molar-refractivity contribution in [2.45, 2.75) is 30.2 Å². The van der Waals surface area contributed by atoms with Crippen LogP contribution in [0.5, 0.6) is 0 Å². The van der Waals surface area contributed by atoms with Crippen LogP contribution in [0.15, 0.2) is 50.4 Å². The molecule has 1 N–H and O–H groups in total. The van der Waals surface area contributed by atoms with Gasteiger partial charge in [0.2, 0.25) is 5.76 Å². The van der Waals surface area contributed by atoms with Crippen molar-refractivity contribution in [3.05, 3.63) is 47.4 Å². The van der Waals surface area contributed by atoms with E-state index >= 15 is 0 Å². The third kappa shape index (κ3) is 5.86. The van der Waals surface area contributed by atoms with Gasteiger partial charge in [0, 0.05) is 18.7 Å². The van der Waals surface area contributed by atoms with Gasteiger partial charge >= 0.3 is 6.18 Å². The van der Waals surface area contributed by atoms with Gasteiger partial charge < -0.3 is 4.52 Å². The molecule has 0 bridgehead atoms. The van der Waals surface area contributed by atoms with Crippen LogP contribution in [0, 0.1) is 0 Å². The normalized spacial score (nSPS) is 14.7. The van der Waals surface area contributed by atoms with E-state index in [1.165, 1.54) is 31.2 Å². The summed E-state index contributed by atoms with van der Waals surface area (Å²) in [6.45, 7) is 1.37. The lowest BCUT2D eigenvalue weighted by Gasteiger charge is -2.15. The Morgan fingerprint density at radius 2 is 2.00 bits per heavy atom. The summed E-state index contributed by atoms with van der Waals surface area (Å²) in [5, 5.41) is 3.18. The minimum Gasteiger partial charge on any atom is -0.351 e. The number of allylic oxidation sites excluding steroid dienone is 4. The minimum absolute atomic E-state index is 0.0339. The van der Waals surface area contributed by atoms with Gasteiger partial charge in [-0.15, -0.1) is 11.3 Å². The zero-order valence-corrected chi connectivity index (χ0v) is 18.3. The zero-order chi connectivity index (χ0) is 22.8. The van der Waals surface area contributed by atoms with Crippen LogP contribution in [0.3, 0.4) is 0 Å². The number of aromatic nitrogens is 1. The van der Waals surface area contributed by atoms with Crippen molar-refractivity contribution in [3.63, 3.8) is 0 Å². The summed E-state index contributed by atoms with van der Waals surface area (Å²) in [6, 6.07) is 3.31. The Labute approximate surface area is 183 Å². The van der Waals surface area contributed by atoms with Crippen molar-refractivity contribution in [1.29, 1.82) is 0 Å². The van der Waals surface area contributed by atoms with E-state index in [-0.39, 0.29) is 37.9 Å². The highest BCUT2D eigenvalue weighted by molar-refractivity contribution is 8.14. The number of nitrogens with zero attached hydrogens (tertiary/aromatic N) is 1. The number of thioether (sulfide) groups is 1. The molecule has 0 radical (unpaired) electrons. The molecule has 0 atom stereocenters. The largest absolute Gasteiger partial charge is 0.452 e. The van der Waals surface area contributed by atoms with Crippen LogP contribution in [0.4, 0.5) is 13.2 Å². The van der Waals surface area contributed by atoms with Crippen molar-refractivity contribution in [3.8, 4) is 10.6 Å². The molecule has 3 rings (SSSR count). The molecule has 31 heavy (non-hydrogen) atoms. The topological polar surface area (TPSA) is 106 Å². The summed E-state index contributed by atoms with van der Waals surface area (Å²) in [6.07, 6.45) is -1.10. The maximum atomic E-state index is 12.6. The lowest BCUT2D eigenvalue weighted by molar-refractivity contribution is -0.155. The second-order valence-electron chi connectivity index (χ2n) is 6.39. The molecule has 0 unspecified atom stereocenters. The van der Waals surface area contributed by atoms with Crippen LogP contribution in [-0.4, -0.2) is 30.2 Å². The molecule has 2 heterocycles. The number of hydrogen-bond donors (Lipinski definition) is 1. The molecule has 0 spiro atoms. The summed E-state index contributed by atoms with van der Waals surface area (Å²) in [5.74, 6) is -1.43. The van der Waals surface area contributed by atoms with Crippen molar-refractivity contribution < 1.29 is 35.7 Å².